The summed E-state index contributed by atoms with van der Waals surface area (Å²) in [5.74, 6) is -0.545. The molecular formula is C14H19BFNO3. The largest absolute Gasteiger partial charge is 0.495 e. The fourth-order valence-corrected chi connectivity index (χ4v) is 1.86. The van der Waals surface area contributed by atoms with Gasteiger partial charge < -0.3 is 19.8 Å². The van der Waals surface area contributed by atoms with E-state index >= 15 is 0 Å². The van der Waals surface area contributed by atoms with Gasteiger partial charge in [-0.15, -0.1) is 0 Å². The number of hydrogen-bond acceptors (Lipinski definition) is 3. The maximum atomic E-state index is 14.0. The molecule has 0 bridgehead atoms. The summed E-state index contributed by atoms with van der Waals surface area (Å²) in [6.07, 6.45) is 1.67. The maximum absolute atomic E-state index is 14.0. The van der Waals surface area contributed by atoms with Crippen LogP contribution in [0.25, 0.3) is 10.9 Å². The van der Waals surface area contributed by atoms with Gasteiger partial charge in [-0.05, 0) is 45.9 Å². The van der Waals surface area contributed by atoms with Gasteiger partial charge in [0.2, 0.25) is 0 Å². The molecule has 0 aliphatic carbocycles. The zero-order chi connectivity index (χ0) is 15.1. The molecule has 2 rings (SSSR count). The first-order valence-corrected chi connectivity index (χ1v) is 6.47. The minimum atomic E-state index is -1.46. The fourth-order valence-electron chi connectivity index (χ4n) is 1.86. The van der Waals surface area contributed by atoms with Gasteiger partial charge in [-0.25, -0.2) is 4.39 Å². The Morgan fingerprint density at radius 2 is 1.85 bits per heavy atom. The van der Waals surface area contributed by atoms with Crippen molar-refractivity contribution in [1.82, 2.24) is 4.98 Å². The van der Waals surface area contributed by atoms with E-state index in [0.717, 1.165) is 0 Å². The van der Waals surface area contributed by atoms with Crippen LogP contribution in [0.3, 0.4) is 0 Å². The van der Waals surface area contributed by atoms with E-state index in [0.29, 0.717) is 10.9 Å². The predicted octanol–water partition coefficient (Wildman–Crippen LogP) is 1.56. The van der Waals surface area contributed by atoms with E-state index in [9.17, 15) is 14.5 Å². The van der Waals surface area contributed by atoms with Crippen molar-refractivity contribution in [1.29, 1.82) is 0 Å². The average molecular weight is 279 g/mol. The van der Waals surface area contributed by atoms with Crippen LogP contribution in [0.15, 0.2) is 24.4 Å². The molecule has 1 aromatic heterocycles. The molecule has 20 heavy (non-hydrogen) atoms. The number of fused-ring (bicyclic) bond motifs is 1. The van der Waals surface area contributed by atoms with E-state index in [1.165, 1.54) is 6.07 Å². The molecule has 108 valence electrons. The quantitative estimate of drug-likeness (QED) is 0.744. The van der Waals surface area contributed by atoms with E-state index in [1.54, 1.807) is 46.0 Å². The number of H-pyrrole nitrogens is 1. The van der Waals surface area contributed by atoms with Crippen molar-refractivity contribution in [3.63, 3.8) is 0 Å². The highest BCUT2D eigenvalue weighted by Crippen LogP contribution is 2.26. The van der Waals surface area contributed by atoms with Crippen LogP contribution < -0.4 is 5.46 Å². The van der Waals surface area contributed by atoms with Gasteiger partial charge in [0.1, 0.15) is 5.82 Å². The molecule has 6 heteroatoms. The van der Waals surface area contributed by atoms with Crippen LogP contribution in [0, 0.1) is 5.82 Å². The van der Waals surface area contributed by atoms with Gasteiger partial charge in [-0.1, -0.05) is 0 Å². The number of aliphatic hydroxyl groups is 1. The normalized spacial score (nSPS) is 12.9. The molecular weight excluding hydrogens is 260 g/mol. The van der Waals surface area contributed by atoms with Crippen LogP contribution in [-0.2, 0) is 4.65 Å². The lowest BCUT2D eigenvalue weighted by molar-refractivity contribution is -0.0983. The van der Waals surface area contributed by atoms with E-state index in [2.05, 4.69) is 4.98 Å². The molecule has 0 amide bonds. The lowest BCUT2D eigenvalue weighted by Gasteiger charge is -2.38. The second-order valence-electron chi connectivity index (χ2n) is 5.94. The Labute approximate surface area is 117 Å². The summed E-state index contributed by atoms with van der Waals surface area (Å²) in [7, 11) is -1.46. The molecule has 0 unspecified atom stereocenters. The maximum Gasteiger partial charge on any atom is 0.495 e. The zero-order valence-corrected chi connectivity index (χ0v) is 12.1. The molecule has 0 spiro atoms. The van der Waals surface area contributed by atoms with E-state index in [-0.39, 0.29) is 5.46 Å². The second-order valence-corrected chi connectivity index (χ2v) is 5.94. The van der Waals surface area contributed by atoms with Gasteiger partial charge in [-0.3, -0.25) is 0 Å². The van der Waals surface area contributed by atoms with E-state index in [4.69, 9.17) is 4.65 Å². The summed E-state index contributed by atoms with van der Waals surface area (Å²) in [5, 5.41) is 20.8. The highest BCUT2D eigenvalue weighted by molar-refractivity contribution is 6.63. The van der Waals surface area contributed by atoms with Crippen molar-refractivity contribution in [2.45, 2.75) is 38.9 Å². The predicted molar refractivity (Wildman–Crippen MR) is 77.3 cm³/mol. The second kappa shape index (κ2) is 4.88. The molecule has 0 fully saturated rings. The smallest absolute Gasteiger partial charge is 0.423 e. The molecule has 0 aliphatic rings. The van der Waals surface area contributed by atoms with Crippen LogP contribution in [-0.4, -0.2) is 33.4 Å². The summed E-state index contributed by atoms with van der Waals surface area (Å²) >= 11 is 0. The lowest BCUT2D eigenvalue weighted by Crippen LogP contribution is -2.53. The monoisotopic (exact) mass is 279 g/mol. The molecule has 1 heterocycles. The van der Waals surface area contributed by atoms with E-state index in [1.807, 2.05) is 0 Å². The molecule has 1 aromatic carbocycles. The van der Waals surface area contributed by atoms with Crippen molar-refractivity contribution in [2.75, 3.05) is 0 Å². The van der Waals surface area contributed by atoms with Crippen LogP contribution in [0.1, 0.15) is 27.7 Å². The number of rotatable bonds is 4. The summed E-state index contributed by atoms with van der Waals surface area (Å²) in [5.41, 5.74) is -1.44. The fraction of sp³-hybridized carbons (Fsp3) is 0.429. The average Bonchev–Trinajstić information content (AvgIpc) is 2.74. The number of benzene rings is 1. The van der Waals surface area contributed by atoms with Gasteiger partial charge >= 0.3 is 7.12 Å². The van der Waals surface area contributed by atoms with Crippen molar-refractivity contribution in [3.8, 4) is 0 Å². The number of nitrogens with one attached hydrogen (secondary N) is 1. The molecule has 0 radical (unpaired) electrons. The topological polar surface area (TPSA) is 65.5 Å². The Kier molecular flexibility index (Phi) is 3.66. The number of aromatic nitrogens is 1. The molecule has 0 atom stereocenters. The molecule has 2 aromatic rings. The van der Waals surface area contributed by atoms with Crippen molar-refractivity contribution in [3.05, 3.63) is 30.2 Å². The van der Waals surface area contributed by atoms with Crippen LogP contribution >= 0.6 is 0 Å². The minimum Gasteiger partial charge on any atom is -0.423 e. The molecule has 0 saturated heterocycles. The third-order valence-electron chi connectivity index (χ3n) is 3.85. The van der Waals surface area contributed by atoms with Crippen LogP contribution in [0.4, 0.5) is 4.39 Å². The van der Waals surface area contributed by atoms with Crippen LogP contribution in [0.5, 0.6) is 0 Å². The Morgan fingerprint density at radius 3 is 2.45 bits per heavy atom. The molecule has 4 nitrogen and oxygen atoms in total. The van der Waals surface area contributed by atoms with Gasteiger partial charge in [0.05, 0.1) is 11.2 Å². The van der Waals surface area contributed by atoms with Gasteiger partial charge in [-0.2, -0.15) is 0 Å². The molecule has 3 N–H and O–H groups in total. The SMILES string of the molecule is CC(C)(O)C(C)(C)OB(O)c1c(F)ccc2[nH]ccc12. The summed E-state index contributed by atoms with van der Waals surface area (Å²) in [6, 6.07) is 4.55. The lowest BCUT2D eigenvalue weighted by atomic mass is 9.74. The standard InChI is InChI=1S/C14H19BFNO3/c1-13(2,18)14(3,4)20-15(19)12-9-7-8-17-11(9)6-5-10(12)16/h5-8,17-19H,1-4H3. The Hall–Kier alpha value is -1.37. The Balaban J connectivity index is 2.39. The van der Waals surface area contributed by atoms with Gasteiger partial charge in [0.15, 0.2) is 0 Å². The third kappa shape index (κ3) is 2.59. The van der Waals surface area contributed by atoms with Crippen molar-refractivity contribution in [2.24, 2.45) is 0 Å². The van der Waals surface area contributed by atoms with Crippen molar-refractivity contribution >= 4 is 23.5 Å². The highest BCUT2D eigenvalue weighted by atomic mass is 19.1. The van der Waals surface area contributed by atoms with Crippen LogP contribution in [0.2, 0.25) is 0 Å². The first kappa shape index (κ1) is 15.0. The van der Waals surface area contributed by atoms with Gasteiger partial charge in [0.25, 0.3) is 0 Å². The number of hydrogen-bond donors (Lipinski definition) is 3. The van der Waals surface area contributed by atoms with Gasteiger partial charge in [0, 0.05) is 22.6 Å². The summed E-state index contributed by atoms with van der Waals surface area (Å²) < 4.78 is 19.5. The molecule has 0 saturated carbocycles. The Bertz CT molecular complexity index is 618. The third-order valence-corrected chi connectivity index (χ3v) is 3.85. The van der Waals surface area contributed by atoms with Crippen molar-refractivity contribution < 1.29 is 19.2 Å². The Morgan fingerprint density at radius 1 is 1.20 bits per heavy atom. The zero-order valence-electron chi connectivity index (χ0n) is 12.1. The summed E-state index contributed by atoms with van der Waals surface area (Å²) in [6.45, 7) is 6.44. The minimum absolute atomic E-state index is 0.0704. The number of halogens is 1. The summed E-state index contributed by atoms with van der Waals surface area (Å²) in [4.78, 5) is 2.95. The first-order valence-electron chi connectivity index (χ1n) is 6.47. The highest BCUT2D eigenvalue weighted by Gasteiger charge is 2.40. The number of aromatic amines is 1. The van der Waals surface area contributed by atoms with E-state index < -0.39 is 24.1 Å². The molecule has 0 aliphatic heterocycles. The first-order chi connectivity index (χ1) is 9.13.